The van der Waals surface area contributed by atoms with Crippen LogP contribution in [0.15, 0.2) is 93.2 Å². The standard InChI is InChI=1S/4C20H30O2.Mo/c4*1-13(2)14-6-8-16-15(12-14)7-9-17-19(16,3)10-5-11-20(17,4)18(21)22;/h4*7,12-13,16-17H,5-6,8-11H2,1-4H3,(H,21,22);/q;;;;+4/p-4/t4*16-,17+,19+,20+;/m0000./s1. The third kappa shape index (κ3) is 12.7. The van der Waals surface area contributed by atoms with E-state index in [9.17, 15) is 39.6 Å². The SMILES string of the molecule is CC(C)C1=CC2=CC[C@@H]3[C@](C)(CCC[C@@]3(C)C(=O)[O-])[C@H]2CC1.CC(C)C1=CC2=CC[C@@H]3[C@](C)(CCC[C@@]3(C)C(=O)[O-])[C@H]2CC1.CC(C)C1=CC2=CC[C@@H]3[C@](C)(CCC[C@@]3(C)C(=O)[O-])[C@H]2CC1.CC(C)C1=CC2=CC[C@@H]3[C@](C)(CCC[C@@]3(C)C(=O)[O-])[C@H]2CC1.[Mo+4]. The minimum atomic E-state index is -0.838. The molecule has 8 nitrogen and oxygen atoms in total. The second kappa shape index (κ2) is 26.7. The summed E-state index contributed by atoms with van der Waals surface area (Å²) in [7, 11) is 0. The summed E-state index contributed by atoms with van der Waals surface area (Å²) in [6.45, 7) is 35.3. The van der Waals surface area contributed by atoms with Gasteiger partial charge in [0, 0.05) is 45.5 Å². The van der Waals surface area contributed by atoms with Gasteiger partial charge in [0.2, 0.25) is 0 Å². The number of carbonyl (C=O) groups excluding carboxylic acids is 4. The molecule has 0 radical (unpaired) electrons. The van der Waals surface area contributed by atoms with Crippen LogP contribution in [0.25, 0.3) is 0 Å². The molecule has 4 fully saturated rings. The quantitative estimate of drug-likeness (QED) is 0.217. The van der Waals surface area contributed by atoms with Gasteiger partial charge in [-0.1, -0.05) is 207 Å². The molecular formula is C80H116MoO8. The molecule has 0 heterocycles. The first-order chi connectivity index (χ1) is 41.1. The monoisotopic (exact) mass is 1300 g/mol. The van der Waals surface area contributed by atoms with Crippen molar-refractivity contribution in [3.8, 4) is 0 Å². The molecule has 0 aliphatic heterocycles. The summed E-state index contributed by atoms with van der Waals surface area (Å²) < 4.78 is 0. The number of rotatable bonds is 8. The van der Waals surface area contributed by atoms with Crippen LogP contribution in [0.3, 0.4) is 0 Å². The number of carboxylic acids is 4. The molecule has 0 aromatic heterocycles. The van der Waals surface area contributed by atoms with Crippen molar-refractivity contribution in [3.05, 3.63) is 93.2 Å². The molecule has 0 aromatic carbocycles. The van der Waals surface area contributed by atoms with Gasteiger partial charge in [-0.05, 0) is 243 Å². The minimum absolute atomic E-state index is 0. The fourth-order valence-electron chi connectivity index (χ4n) is 22.4. The Bertz CT molecular complexity index is 2570. The number of carbonyl (C=O) groups is 4. The van der Waals surface area contributed by atoms with Crippen LogP contribution in [0.5, 0.6) is 0 Å². The normalized spacial score (nSPS) is 40.9. The first-order valence-electron chi connectivity index (χ1n) is 35.6. The van der Waals surface area contributed by atoms with Gasteiger partial charge in [0.1, 0.15) is 0 Å². The molecule has 9 heteroatoms. The zero-order valence-electron chi connectivity index (χ0n) is 58.2. The zero-order chi connectivity index (χ0) is 64.5. The summed E-state index contributed by atoms with van der Waals surface area (Å²) >= 11 is 0. The van der Waals surface area contributed by atoms with Gasteiger partial charge in [-0.2, -0.15) is 0 Å². The summed E-state index contributed by atoms with van der Waals surface area (Å²) in [6.07, 6.45) is 43.9. The maximum absolute atomic E-state index is 11.8. The molecule has 16 atom stereocenters. The van der Waals surface area contributed by atoms with Crippen LogP contribution in [0.4, 0.5) is 0 Å². The molecule has 12 rings (SSSR count). The largest absolute Gasteiger partial charge is 4.00 e. The van der Waals surface area contributed by atoms with Gasteiger partial charge in [-0.25, -0.2) is 0 Å². The van der Waals surface area contributed by atoms with E-state index in [0.717, 1.165) is 103 Å². The van der Waals surface area contributed by atoms with Gasteiger partial charge in [-0.15, -0.1) is 0 Å². The summed E-state index contributed by atoms with van der Waals surface area (Å²) in [6, 6.07) is 0. The topological polar surface area (TPSA) is 161 Å². The van der Waals surface area contributed by atoms with Gasteiger partial charge < -0.3 is 39.6 Å². The van der Waals surface area contributed by atoms with E-state index in [2.05, 4.69) is 132 Å². The Hall–Kier alpha value is -3.51. The molecule has 12 aliphatic rings. The van der Waals surface area contributed by atoms with Crippen LogP contribution in [0.2, 0.25) is 0 Å². The molecule has 0 N–H and O–H groups in total. The van der Waals surface area contributed by atoms with E-state index >= 15 is 0 Å². The molecule has 12 aliphatic carbocycles. The van der Waals surface area contributed by atoms with Gasteiger partial charge in [0.05, 0.1) is 0 Å². The second-order valence-corrected chi connectivity index (χ2v) is 34.1. The van der Waals surface area contributed by atoms with Crippen molar-refractivity contribution < 1.29 is 60.7 Å². The van der Waals surface area contributed by atoms with Gasteiger partial charge in [0.15, 0.2) is 0 Å². The van der Waals surface area contributed by atoms with Crippen LogP contribution in [0.1, 0.15) is 265 Å². The van der Waals surface area contributed by atoms with Gasteiger partial charge in [0.25, 0.3) is 0 Å². The van der Waals surface area contributed by atoms with E-state index in [4.69, 9.17) is 0 Å². The van der Waals surface area contributed by atoms with Crippen LogP contribution < -0.4 is 20.4 Å². The van der Waals surface area contributed by atoms with E-state index in [1.807, 2.05) is 27.7 Å². The molecule has 490 valence electrons. The van der Waals surface area contributed by atoms with E-state index in [1.54, 1.807) is 22.3 Å². The Balaban J connectivity index is 0.000000153. The Morgan fingerprint density at radius 2 is 0.517 bits per heavy atom. The Morgan fingerprint density at radius 3 is 0.674 bits per heavy atom. The van der Waals surface area contributed by atoms with E-state index < -0.39 is 45.5 Å². The number of aliphatic carboxylic acids is 4. The van der Waals surface area contributed by atoms with Gasteiger partial charge in [-0.3, -0.25) is 0 Å². The number of allylic oxidation sites excluding steroid dienone is 16. The number of hydrogen-bond donors (Lipinski definition) is 0. The number of carboxylic acid groups (broad SMARTS) is 4. The zero-order valence-corrected chi connectivity index (χ0v) is 60.2. The summed E-state index contributed by atoms with van der Waals surface area (Å²) in [5, 5.41) is 47.3. The molecule has 89 heavy (non-hydrogen) atoms. The van der Waals surface area contributed by atoms with E-state index in [0.29, 0.717) is 47.3 Å². The van der Waals surface area contributed by atoms with Crippen LogP contribution in [-0.2, 0) is 40.2 Å². The molecule has 4 saturated carbocycles. The maximum Gasteiger partial charge on any atom is 4.00 e. The van der Waals surface area contributed by atoms with Crippen LogP contribution in [-0.4, -0.2) is 23.9 Å². The molecule has 0 amide bonds. The predicted molar refractivity (Wildman–Crippen MR) is 348 cm³/mol. The molecule has 0 bridgehead atoms. The molecule has 0 aromatic rings. The summed E-state index contributed by atoms with van der Waals surface area (Å²) in [4.78, 5) is 47.3. The molecule has 0 saturated heterocycles. The second-order valence-electron chi connectivity index (χ2n) is 34.1. The first-order valence-corrected chi connectivity index (χ1v) is 35.6. The van der Waals surface area contributed by atoms with Gasteiger partial charge >= 0.3 is 21.1 Å². The molecular weight excluding hydrogens is 1180 g/mol. The van der Waals surface area contributed by atoms with Crippen LogP contribution in [0, 0.1) is 114 Å². The van der Waals surface area contributed by atoms with Crippen molar-refractivity contribution in [1.29, 1.82) is 0 Å². The number of fused-ring (bicyclic) bond motifs is 12. The minimum Gasteiger partial charge on any atom is -0.550 e. The fraction of sp³-hybridized carbons (Fsp3) is 0.750. The average Bonchev–Trinajstić information content (AvgIpc) is 1.00. The van der Waals surface area contributed by atoms with E-state index in [1.165, 1.54) is 73.7 Å². The Morgan fingerprint density at radius 1 is 0.337 bits per heavy atom. The van der Waals surface area contributed by atoms with Crippen LogP contribution >= 0.6 is 0 Å². The van der Waals surface area contributed by atoms with Crippen molar-refractivity contribution in [2.24, 2.45) is 114 Å². The van der Waals surface area contributed by atoms with Crippen molar-refractivity contribution in [3.63, 3.8) is 0 Å². The van der Waals surface area contributed by atoms with E-state index in [-0.39, 0.29) is 66.4 Å². The third-order valence-corrected chi connectivity index (χ3v) is 28.2. The Labute approximate surface area is 553 Å². The van der Waals surface area contributed by atoms with Crippen molar-refractivity contribution >= 4 is 23.9 Å². The molecule has 0 spiro atoms. The predicted octanol–water partition coefficient (Wildman–Crippen LogP) is 15.5. The molecule has 0 unspecified atom stereocenters. The third-order valence-electron chi connectivity index (χ3n) is 28.2. The summed E-state index contributed by atoms with van der Waals surface area (Å²) in [5.74, 6) is 2.15. The maximum atomic E-state index is 11.8. The fourth-order valence-corrected chi connectivity index (χ4v) is 22.4. The summed E-state index contributed by atoms with van der Waals surface area (Å²) in [5.41, 5.74) is 10.0. The van der Waals surface area contributed by atoms with Crippen molar-refractivity contribution in [2.75, 3.05) is 0 Å². The van der Waals surface area contributed by atoms with Crippen molar-refractivity contribution in [1.82, 2.24) is 0 Å². The average molecular weight is 1300 g/mol. The van der Waals surface area contributed by atoms with Crippen molar-refractivity contribution in [2.45, 2.75) is 265 Å². The smallest absolute Gasteiger partial charge is 0.550 e. The Kier molecular flexibility index (Phi) is 21.4. The number of hydrogen-bond acceptors (Lipinski definition) is 8. The first kappa shape index (κ1) is 71.3.